The van der Waals surface area contributed by atoms with Crippen LogP contribution >= 0.6 is 11.3 Å². The number of nitrogens with zero attached hydrogens (tertiary/aromatic N) is 1. The van der Waals surface area contributed by atoms with E-state index in [1.54, 1.807) is 0 Å². The second-order valence-corrected chi connectivity index (χ2v) is 6.59. The van der Waals surface area contributed by atoms with Gasteiger partial charge >= 0.3 is 0 Å². The Balaban J connectivity index is 2.11. The molecule has 0 unspecified atom stereocenters. The minimum Gasteiger partial charge on any atom is -0.310 e. The van der Waals surface area contributed by atoms with Gasteiger partial charge in [-0.1, -0.05) is 57.5 Å². The molecule has 20 heavy (non-hydrogen) atoms. The zero-order valence-electron chi connectivity index (χ0n) is 12.6. The van der Waals surface area contributed by atoms with Gasteiger partial charge in [-0.3, -0.25) is 0 Å². The summed E-state index contributed by atoms with van der Waals surface area (Å²) in [6.45, 7) is 7.53. The molecule has 0 fully saturated rings. The molecule has 1 aromatic heterocycles. The van der Waals surface area contributed by atoms with Gasteiger partial charge in [0.25, 0.3) is 0 Å². The predicted molar refractivity (Wildman–Crippen MR) is 87.3 cm³/mol. The third kappa shape index (κ3) is 4.43. The topological polar surface area (TPSA) is 24.9 Å². The number of aryl methyl sites for hydroxylation is 1. The van der Waals surface area contributed by atoms with Crippen molar-refractivity contribution in [1.29, 1.82) is 0 Å². The Labute approximate surface area is 126 Å². The number of rotatable bonds is 7. The van der Waals surface area contributed by atoms with Crippen molar-refractivity contribution < 1.29 is 0 Å². The lowest BCUT2D eigenvalue weighted by atomic mass is 10.1. The number of benzene rings is 1. The lowest BCUT2D eigenvalue weighted by Crippen LogP contribution is -2.21. The fourth-order valence-corrected chi connectivity index (χ4v) is 3.25. The first-order valence-corrected chi connectivity index (χ1v) is 8.25. The minimum absolute atomic E-state index is 0.518. The van der Waals surface area contributed by atoms with Crippen molar-refractivity contribution in [2.24, 2.45) is 0 Å². The molecule has 0 atom stereocenters. The molecule has 0 aliphatic rings. The normalized spacial score (nSPS) is 11.2. The Hall–Kier alpha value is -1.19. The van der Waals surface area contributed by atoms with Crippen LogP contribution in [0.25, 0.3) is 0 Å². The van der Waals surface area contributed by atoms with E-state index in [1.165, 1.54) is 21.1 Å². The Morgan fingerprint density at radius 1 is 1.20 bits per heavy atom. The number of thiazole rings is 1. The van der Waals surface area contributed by atoms with Gasteiger partial charge in [0, 0.05) is 23.9 Å². The fraction of sp³-hybridized carbons (Fsp3) is 0.471. The largest absolute Gasteiger partial charge is 0.310 e. The molecule has 2 aromatic rings. The second kappa shape index (κ2) is 7.55. The van der Waals surface area contributed by atoms with E-state index in [0.29, 0.717) is 6.04 Å². The molecule has 0 saturated carbocycles. The van der Waals surface area contributed by atoms with Crippen molar-refractivity contribution in [2.45, 2.75) is 52.6 Å². The molecule has 1 aromatic carbocycles. The number of nitrogens with one attached hydrogen (secondary N) is 1. The third-order valence-corrected chi connectivity index (χ3v) is 4.28. The molecular weight excluding hydrogens is 264 g/mol. The van der Waals surface area contributed by atoms with Gasteiger partial charge in [-0.15, -0.1) is 11.3 Å². The molecule has 108 valence electrons. The molecule has 0 amide bonds. The van der Waals surface area contributed by atoms with E-state index in [9.17, 15) is 0 Å². The van der Waals surface area contributed by atoms with E-state index in [0.717, 1.165) is 25.8 Å². The zero-order chi connectivity index (χ0) is 14.4. The molecule has 2 rings (SSSR count). The van der Waals surface area contributed by atoms with Crippen molar-refractivity contribution in [3.63, 3.8) is 0 Å². The van der Waals surface area contributed by atoms with Crippen molar-refractivity contribution >= 4 is 11.3 Å². The lowest BCUT2D eigenvalue weighted by molar-refractivity contribution is 0.589. The maximum Gasteiger partial charge on any atom is 0.0975 e. The summed E-state index contributed by atoms with van der Waals surface area (Å²) in [5.41, 5.74) is 2.63. The summed E-state index contributed by atoms with van der Waals surface area (Å²) in [5, 5.41) is 4.74. The van der Waals surface area contributed by atoms with Gasteiger partial charge in [0.1, 0.15) is 0 Å². The highest BCUT2D eigenvalue weighted by Gasteiger charge is 2.11. The van der Waals surface area contributed by atoms with Gasteiger partial charge < -0.3 is 5.32 Å². The van der Waals surface area contributed by atoms with E-state index in [-0.39, 0.29) is 0 Å². The molecular formula is C17H24N2S. The zero-order valence-corrected chi connectivity index (χ0v) is 13.5. The molecule has 1 N–H and O–H groups in total. The summed E-state index contributed by atoms with van der Waals surface area (Å²) in [6.07, 6.45) is 3.19. The highest BCUT2D eigenvalue weighted by molar-refractivity contribution is 7.11. The number of aromatic nitrogens is 1. The average Bonchev–Trinajstić information content (AvgIpc) is 2.80. The van der Waals surface area contributed by atoms with Crippen molar-refractivity contribution in [1.82, 2.24) is 10.3 Å². The summed E-state index contributed by atoms with van der Waals surface area (Å²) in [7, 11) is 0. The maximum atomic E-state index is 4.85. The number of hydrogen-bond acceptors (Lipinski definition) is 3. The Morgan fingerprint density at radius 2 is 1.95 bits per heavy atom. The summed E-state index contributed by atoms with van der Waals surface area (Å²) in [4.78, 5) is 6.26. The molecule has 0 aliphatic heterocycles. The first-order chi connectivity index (χ1) is 9.69. The van der Waals surface area contributed by atoms with Crippen LogP contribution in [0.1, 0.15) is 48.3 Å². The SMILES string of the molecule is CCCc1nc(Cc2ccccc2)sc1CNC(C)C. The maximum absolute atomic E-state index is 4.85. The molecule has 0 saturated heterocycles. The van der Waals surface area contributed by atoms with Crippen LogP contribution < -0.4 is 5.32 Å². The lowest BCUT2D eigenvalue weighted by Gasteiger charge is -2.07. The molecule has 1 heterocycles. The molecule has 0 spiro atoms. The van der Waals surface area contributed by atoms with Gasteiger partial charge in [0.05, 0.1) is 10.7 Å². The predicted octanol–water partition coefficient (Wildman–Crippen LogP) is 4.18. The van der Waals surface area contributed by atoms with Crippen molar-refractivity contribution in [3.05, 3.63) is 51.5 Å². The third-order valence-electron chi connectivity index (χ3n) is 3.18. The molecule has 2 nitrogen and oxygen atoms in total. The van der Waals surface area contributed by atoms with Crippen LogP contribution in [-0.2, 0) is 19.4 Å². The molecule has 3 heteroatoms. The van der Waals surface area contributed by atoms with Crippen LogP contribution in [0.2, 0.25) is 0 Å². The first kappa shape index (κ1) is 15.2. The summed E-state index contributed by atoms with van der Waals surface area (Å²) in [6, 6.07) is 11.1. The van der Waals surface area contributed by atoms with Crippen LogP contribution in [0.3, 0.4) is 0 Å². The summed E-state index contributed by atoms with van der Waals surface area (Å²) >= 11 is 1.86. The summed E-state index contributed by atoms with van der Waals surface area (Å²) < 4.78 is 0. The van der Waals surface area contributed by atoms with Gasteiger partial charge in [0.2, 0.25) is 0 Å². The van der Waals surface area contributed by atoms with E-state index < -0.39 is 0 Å². The minimum atomic E-state index is 0.518. The Bertz CT molecular complexity index is 517. The van der Waals surface area contributed by atoms with Crippen LogP contribution in [0, 0.1) is 0 Å². The van der Waals surface area contributed by atoms with E-state index in [2.05, 4.69) is 56.4 Å². The molecule has 0 aliphatic carbocycles. The Morgan fingerprint density at radius 3 is 2.60 bits per heavy atom. The van der Waals surface area contributed by atoms with Crippen LogP contribution in [-0.4, -0.2) is 11.0 Å². The van der Waals surface area contributed by atoms with Gasteiger partial charge in [0.15, 0.2) is 0 Å². The van der Waals surface area contributed by atoms with Gasteiger partial charge in [-0.25, -0.2) is 4.98 Å². The Kier molecular flexibility index (Phi) is 5.74. The molecule has 0 radical (unpaired) electrons. The van der Waals surface area contributed by atoms with E-state index in [1.807, 2.05) is 11.3 Å². The standard InChI is InChI=1S/C17H24N2S/c1-4-8-15-16(12-18-13(2)3)20-17(19-15)11-14-9-6-5-7-10-14/h5-7,9-10,13,18H,4,8,11-12H2,1-3H3. The van der Waals surface area contributed by atoms with Crippen LogP contribution in [0.15, 0.2) is 30.3 Å². The summed E-state index contributed by atoms with van der Waals surface area (Å²) in [5.74, 6) is 0. The smallest absolute Gasteiger partial charge is 0.0975 e. The van der Waals surface area contributed by atoms with Gasteiger partial charge in [-0.2, -0.15) is 0 Å². The second-order valence-electron chi connectivity index (χ2n) is 5.43. The van der Waals surface area contributed by atoms with Crippen molar-refractivity contribution in [2.75, 3.05) is 0 Å². The quantitative estimate of drug-likeness (QED) is 0.826. The van der Waals surface area contributed by atoms with Crippen molar-refractivity contribution in [3.8, 4) is 0 Å². The average molecular weight is 288 g/mol. The number of hydrogen-bond donors (Lipinski definition) is 1. The first-order valence-electron chi connectivity index (χ1n) is 7.43. The van der Waals surface area contributed by atoms with E-state index >= 15 is 0 Å². The highest BCUT2D eigenvalue weighted by atomic mass is 32.1. The highest BCUT2D eigenvalue weighted by Crippen LogP contribution is 2.22. The monoisotopic (exact) mass is 288 g/mol. The van der Waals surface area contributed by atoms with Crippen LogP contribution in [0.5, 0.6) is 0 Å². The van der Waals surface area contributed by atoms with E-state index in [4.69, 9.17) is 4.98 Å². The van der Waals surface area contributed by atoms with Crippen LogP contribution in [0.4, 0.5) is 0 Å². The van der Waals surface area contributed by atoms with Gasteiger partial charge in [-0.05, 0) is 12.0 Å². The molecule has 0 bridgehead atoms. The fourth-order valence-electron chi connectivity index (χ4n) is 2.15.